The SMILES string of the molecule is Cn1ccnc1CN1CCC[C@H](c2nccs2)C1. The Hall–Kier alpha value is -1.20. The highest BCUT2D eigenvalue weighted by molar-refractivity contribution is 7.09. The average Bonchev–Trinajstić information content (AvgIpc) is 3.02. The van der Waals surface area contributed by atoms with E-state index in [1.165, 1.54) is 24.4 Å². The smallest absolute Gasteiger partial charge is 0.122 e. The van der Waals surface area contributed by atoms with Gasteiger partial charge in [0.05, 0.1) is 11.6 Å². The highest BCUT2D eigenvalue weighted by Crippen LogP contribution is 2.28. The summed E-state index contributed by atoms with van der Waals surface area (Å²) in [6, 6.07) is 0. The van der Waals surface area contributed by atoms with Crippen LogP contribution in [0.2, 0.25) is 0 Å². The Morgan fingerprint density at radius 1 is 1.39 bits per heavy atom. The molecule has 1 atom stereocenters. The first-order chi connectivity index (χ1) is 8.83. The fourth-order valence-corrected chi connectivity index (χ4v) is 3.35. The summed E-state index contributed by atoms with van der Waals surface area (Å²) >= 11 is 1.78. The third kappa shape index (κ3) is 2.47. The van der Waals surface area contributed by atoms with Gasteiger partial charge in [-0.15, -0.1) is 11.3 Å². The molecule has 1 aliphatic heterocycles. The zero-order valence-electron chi connectivity index (χ0n) is 10.6. The summed E-state index contributed by atoms with van der Waals surface area (Å²) in [5.74, 6) is 1.76. The van der Waals surface area contributed by atoms with E-state index in [0.29, 0.717) is 5.92 Å². The number of thiazole rings is 1. The zero-order chi connectivity index (χ0) is 12.4. The van der Waals surface area contributed by atoms with Crippen molar-refractivity contribution in [3.8, 4) is 0 Å². The van der Waals surface area contributed by atoms with Crippen LogP contribution < -0.4 is 0 Å². The van der Waals surface area contributed by atoms with Crippen LogP contribution in [0.15, 0.2) is 24.0 Å². The third-order valence-corrected chi connectivity index (χ3v) is 4.53. The van der Waals surface area contributed by atoms with Gasteiger partial charge in [-0.1, -0.05) is 0 Å². The lowest BCUT2D eigenvalue weighted by atomic mass is 9.99. The number of aromatic nitrogens is 3. The fraction of sp³-hybridized carbons (Fsp3) is 0.538. The molecule has 1 saturated heterocycles. The molecule has 3 heterocycles. The van der Waals surface area contributed by atoms with Gasteiger partial charge in [-0.3, -0.25) is 4.90 Å². The van der Waals surface area contributed by atoms with Gasteiger partial charge in [0.25, 0.3) is 0 Å². The molecule has 2 aromatic rings. The minimum absolute atomic E-state index is 0.610. The Morgan fingerprint density at radius 2 is 2.33 bits per heavy atom. The largest absolute Gasteiger partial charge is 0.337 e. The first-order valence-electron chi connectivity index (χ1n) is 6.41. The molecule has 0 amide bonds. The third-order valence-electron chi connectivity index (χ3n) is 3.59. The molecule has 0 aliphatic carbocycles. The van der Waals surface area contributed by atoms with E-state index in [2.05, 4.69) is 31.9 Å². The molecule has 0 radical (unpaired) electrons. The summed E-state index contributed by atoms with van der Waals surface area (Å²) < 4.78 is 2.10. The maximum Gasteiger partial charge on any atom is 0.122 e. The second-order valence-corrected chi connectivity index (χ2v) is 5.83. The molecule has 96 valence electrons. The minimum atomic E-state index is 0.610. The van der Waals surface area contributed by atoms with E-state index in [1.807, 2.05) is 18.6 Å². The predicted octanol–water partition coefficient (Wildman–Crippen LogP) is 2.26. The van der Waals surface area contributed by atoms with Crippen molar-refractivity contribution in [2.45, 2.75) is 25.3 Å². The molecular weight excluding hydrogens is 244 g/mol. The number of piperidine rings is 1. The van der Waals surface area contributed by atoms with E-state index in [-0.39, 0.29) is 0 Å². The van der Waals surface area contributed by atoms with Gasteiger partial charge in [-0.2, -0.15) is 0 Å². The first kappa shape index (κ1) is 11.9. The molecule has 1 fully saturated rings. The lowest BCUT2D eigenvalue weighted by Gasteiger charge is -2.31. The molecule has 0 bridgehead atoms. The van der Waals surface area contributed by atoms with Crippen LogP contribution in [0.1, 0.15) is 29.6 Å². The van der Waals surface area contributed by atoms with Crippen LogP contribution in [0.4, 0.5) is 0 Å². The number of nitrogens with zero attached hydrogens (tertiary/aromatic N) is 4. The van der Waals surface area contributed by atoms with Crippen molar-refractivity contribution < 1.29 is 0 Å². The van der Waals surface area contributed by atoms with Crippen molar-refractivity contribution >= 4 is 11.3 Å². The zero-order valence-corrected chi connectivity index (χ0v) is 11.4. The maximum absolute atomic E-state index is 4.46. The van der Waals surface area contributed by atoms with Crippen LogP contribution >= 0.6 is 11.3 Å². The quantitative estimate of drug-likeness (QED) is 0.851. The summed E-state index contributed by atoms with van der Waals surface area (Å²) in [4.78, 5) is 11.4. The van der Waals surface area contributed by atoms with E-state index in [4.69, 9.17) is 0 Å². The number of likely N-dealkylation sites (tertiary alicyclic amines) is 1. The Bertz CT molecular complexity index is 491. The van der Waals surface area contributed by atoms with Gasteiger partial charge in [0.1, 0.15) is 5.82 Å². The minimum Gasteiger partial charge on any atom is -0.337 e. The van der Waals surface area contributed by atoms with Gasteiger partial charge >= 0.3 is 0 Å². The van der Waals surface area contributed by atoms with Crippen molar-refractivity contribution in [2.75, 3.05) is 13.1 Å². The number of imidazole rings is 1. The second kappa shape index (κ2) is 5.20. The van der Waals surface area contributed by atoms with Gasteiger partial charge in [-0.25, -0.2) is 9.97 Å². The van der Waals surface area contributed by atoms with Gasteiger partial charge in [0.2, 0.25) is 0 Å². The Kier molecular flexibility index (Phi) is 3.43. The lowest BCUT2D eigenvalue weighted by molar-refractivity contribution is 0.194. The van der Waals surface area contributed by atoms with Crippen molar-refractivity contribution in [3.05, 3.63) is 34.8 Å². The van der Waals surface area contributed by atoms with Crippen LogP contribution in [0, 0.1) is 0 Å². The number of hydrogen-bond donors (Lipinski definition) is 0. The summed E-state index contributed by atoms with van der Waals surface area (Å²) in [5, 5.41) is 3.37. The van der Waals surface area contributed by atoms with E-state index in [0.717, 1.165) is 18.9 Å². The molecule has 0 saturated carbocycles. The summed E-state index contributed by atoms with van der Waals surface area (Å²) in [6.45, 7) is 3.24. The van der Waals surface area contributed by atoms with Gasteiger partial charge in [0.15, 0.2) is 0 Å². The molecule has 5 heteroatoms. The van der Waals surface area contributed by atoms with Crippen molar-refractivity contribution in [2.24, 2.45) is 7.05 Å². The predicted molar refractivity (Wildman–Crippen MR) is 72.6 cm³/mol. The van der Waals surface area contributed by atoms with Crippen LogP contribution in [-0.4, -0.2) is 32.5 Å². The Labute approximate surface area is 111 Å². The number of rotatable bonds is 3. The Morgan fingerprint density at radius 3 is 3.06 bits per heavy atom. The molecule has 0 unspecified atom stereocenters. The highest BCUT2D eigenvalue weighted by Gasteiger charge is 2.23. The molecular formula is C13H18N4S. The van der Waals surface area contributed by atoms with E-state index in [1.54, 1.807) is 11.3 Å². The van der Waals surface area contributed by atoms with Crippen LogP contribution in [0.25, 0.3) is 0 Å². The molecule has 0 spiro atoms. The van der Waals surface area contributed by atoms with E-state index in [9.17, 15) is 0 Å². The standard InChI is InChI=1S/C13H18N4S/c1-16-7-4-14-12(16)10-17-6-2-3-11(9-17)13-15-5-8-18-13/h4-5,7-8,11H,2-3,6,9-10H2,1H3/t11-/m0/s1. The second-order valence-electron chi connectivity index (χ2n) is 4.90. The van der Waals surface area contributed by atoms with Gasteiger partial charge in [-0.05, 0) is 19.4 Å². The summed E-state index contributed by atoms with van der Waals surface area (Å²) in [6.07, 6.45) is 8.33. The topological polar surface area (TPSA) is 34.0 Å². The monoisotopic (exact) mass is 262 g/mol. The maximum atomic E-state index is 4.46. The fourth-order valence-electron chi connectivity index (χ4n) is 2.59. The number of hydrogen-bond acceptors (Lipinski definition) is 4. The summed E-state index contributed by atoms with van der Waals surface area (Å²) in [7, 11) is 2.06. The Balaban J connectivity index is 1.66. The van der Waals surface area contributed by atoms with Crippen LogP contribution in [0.5, 0.6) is 0 Å². The van der Waals surface area contributed by atoms with E-state index >= 15 is 0 Å². The molecule has 0 N–H and O–H groups in total. The average molecular weight is 262 g/mol. The van der Waals surface area contributed by atoms with E-state index < -0.39 is 0 Å². The van der Waals surface area contributed by atoms with Crippen LogP contribution in [0.3, 0.4) is 0 Å². The first-order valence-corrected chi connectivity index (χ1v) is 7.29. The van der Waals surface area contributed by atoms with Crippen molar-refractivity contribution in [1.29, 1.82) is 0 Å². The molecule has 18 heavy (non-hydrogen) atoms. The normalized spacial score (nSPS) is 21.3. The highest BCUT2D eigenvalue weighted by atomic mass is 32.1. The van der Waals surface area contributed by atoms with Gasteiger partial charge in [0, 0.05) is 43.5 Å². The molecule has 4 nitrogen and oxygen atoms in total. The summed E-state index contributed by atoms with van der Waals surface area (Å²) in [5.41, 5.74) is 0. The van der Waals surface area contributed by atoms with Crippen molar-refractivity contribution in [1.82, 2.24) is 19.4 Å². The molecule has 2 aromatic heterocycles. The molecule has 0 aromatic carbocycles. The number of aryl methyl sites for hydroxylation is 1. The molecule has 1 aliphatic rings. The lowest BCUT2D eigenvalue weighted by Crippen LogP contribution is -2.34. The van der Waals surface area contributed by atoms with Crippen molar-refractivity contribution in [3.63, 3.8) is 0 Å². The van der Waals surface area contributed by atoms with Crippen LogP contribution in [-0.2, 0) is 13.6 Å². The molecule has 3 rings (SSSR count). The van der Waals surface area contributed by atoms with Gasteiger partial charge < -0.3 is 4.57 Å².